The molecule has 1 aliphatic heterocycles. The van der Waals surface area contributed by atoms with E-state index in [0.29, 0.717) is 24.5 Å². The van der Waals surface area contributed by atoms with Gasteiger partial charge in [-0.15, -0.1) is 0 Å². The fourth-order valence-corrected chi connectivity index (χ4v) is 2.22. The van der Waals surface area contributed by atoms with E-state index in [0.717, 1.165) is 0 Å². The van der Waals surface area contributed by atoms with Gasteiger partial charge in [0, 0.05) is 18.8 Å². The van der Waals surface area contributed by atoms with Gasteiger partial charge >= 0.3 is 12.1 Å². The van der Waals surface area contributed by atoms with Gasteiger partial charge in [-0.05, 0) is 39.2 Å². The molecule has 2 rings (SSSR count). The maximum absolute atomic E-state index is 12.4. The normalized spacial score (nSPS) is 17.5. The summed E-state index contributed by atoms with van der Waals surface area (Å²) in [6.07, 6.45) is -5.67. The van der Waals surface area contributed by atoms with Crippen molar-refractivity contribution in [2.45, 2.75) is 19.2 Å². The van der Waals surface area contributed by atoms with Crippen molar-refractivity contribution >= 4 is 23.2 Å². The van der Waals surface area contributed by atoms with Crippen LogP contribution in [0, 0.1) is 0 Å². The monoisotopic (exact) mass is 345 g/mol. The van der Waals surface area contributed by atoms with Crippen LogP contribution in [-0.4, -0.2) is 56.2 Å². The Morgan fingerprint density at radius 3 is 2.62 bits per heavy atom. The standard InChI is InChI=1S/C15H18F3N3O3/c1-9-13(22)21(7-6-20(2)3)11-8-10(4-5-12(11)24-9)19-14(23)15(16,17)18/h4-5,8-9H,6-7H2,1-3H3,(H,19,23). The molecule has 1 unspecified atom stereocenters. The van der Waals surface area contributed by atoms with Gasteiger partial charge < -0.3 is 19.9 Å². The molecule has 0 aliphatic carbocycles. The van der Waals surface area contributed by atoms with Crippen molar-refractivity contribution in [2.75, 3.05) is 37.4 Å². The SMILES string of the molecule is CC1Oc2ccc(NC(=O)C(F)(F)F)cc2N(CCN(C)C)C1=O. The second-order valence-electron chi connectivity index (χ2n) is 5.69. The second kappa shape index (κ2) is 6.68. The molecule has 0 saturated heterocycles. The Morgan fingerprint density at radius 1 is 1.38 bits per heavy atom. The molecule has 0 bridgehead atoms. The second-order valence-corrected chi connectivity index (χ2v) is 5.69. The smallest absolute Gasteiger partial charge is 0.471 e. The zero-order chi connectivity index (χ0) is 18.1. The number of amides is 2. The molecule has 24 heavy (non-hydrogen) atoms. The van der Waals surface area contributed by atoms with E-state index in [9.17, 15) is 22.8 Å². The van der Waals surface area contributed by atoms with Gasteiger partial charge in [0.05, 0.1) is 5.69 Å². The lowest BCUT2D eigenvalue weighted by atomic mass is 10.1. The minimum atomic E-state index is -4.98. The van der Waals surface area contributed by atoms with Crippen LogP contribution in [0.1, 0.15) is 6.92 Å². The van der Waals surface area contributed by atoms with Crippen LogP contribution in [0.3, 0.4) is 0 Å². The van der Waals surface area contributed by atoms with Crippen LogP contribution < -0.4 is 15.0 Å². The number of nitrogens with one attached hydrogen (secondary N) is 1. The average Bonchev–Trinajstić information content (AvgIpc) is 2.47. The van der Waals surface area contributed by atoms with Crippen molar-refractivity contribution in [1.82, 2.24) is 4.90 Å². The van der Waals surface area contributed by atoms with Crippen LogP contribution in [-0.2, 0) is 9.59 Å². The largest absolute Gasteiger partial charge is 0.479 e. The number of hydrogen-bond acceptors (Lipinski definition) is 4. The number of hydrogen-bond donors (Lipinski definition) is 1. The number of likely N-dealkylation sites (N-methyl/N-ethyl adjacent to an activating group) is 1. The van der Waals surface area contributed by atoms with E-state index in [4.69, 9.17) is 4.74 Å². The minimum absolute atomic E-state index is 0.0584. The summed E-state index contributed by atoms with van der Waals surface area (Å²) >= 11 is 0. The predicted molar refractivity (Wildman–Crippen MR) is 82.1 cm³/mol. The highest BCUT2D eigenvalue weighted by Crippen LogP contribution is 2.36. The first kappa shape index (κ1) is 18.1. The molecule has 1 aliphatic rings. The molecule has 1 heterocycles. The van der Waals surface area contributed by atoms with Crippen LogP contribution in [0.4, 0.5) is 24.5 Å². The van der Waals surface area contributed by atoms with Crippen LogP contribution in [0.25, 0.3) is 0 Å². The summed E-state index contributed by atoms with van der Waals surface area (Å²) in [5.74, 6) is -1.98. The zero-order valence-corrected chi connectivity index (χ0v) is 13.5. The molecule has 9 heteroatoms. The number of benzene rings is 1. The van der Waals surface area contributed by atoms with Crippen LogP contribution in [0.15, 0.2) is 18.2 Å². The third-order valence-corrected chi connectivity index (χ3v) is 3.45. The predicted octanol–water partition coefficient (Wildman–Crippen LogP) is 1.86. The Balaban J connectivity index is 2.30. The van der Waals surface area contributed by atoms with E-state index >= 15 is 0 Å². The summed E-state index contributed by atoms with van der Waals surface area (Å²) < 4.78 is 42.6. The van der Waals surface area contributed by atoms with Crippen molar-refractivity contribution in [3.05, 3.63) is 18.2 Å². The Kier molecular flexibility index (Phi) is 5.02. The van der Waals surface area contributed by atoms with Gasteiger partial charge in [-0.1, -0.05) is 0 Å². The van der Waals surface area contributed by atoms with Crippen LogP contribution in [0.5, 0.6) is 5.75 Å². The quantitative estimate of drug-likeness (QED) is 0.905. The van der Waals surface area contributed by atoms with Gasteiger partial charge in [0.1, 0.15) is 5.75 Å². The first-order chi connectivity index (χ1) is 11.1. The molecule has 1 aromatic carbocycles. The topological polar surface area (TPSA) is 61.9 Å². The van der Waals surface area contributed by atoms with E-state index in [-0.39, 0.29) is 11.6 Å². The molecule has 0 spiro atoms. The average molecular weight is 345 g/mol. The lowest BCUT2D eigenvalue weighted by Gasteiger charge is -2.34. The minimum Gasteiger partial charge on any atom is -0.479 e. The van der Waals surface area contributed by atoms with E-state index < -0.39 is 18.2 Å². The van der Waals surface area contributed by atoms with E-state index in [1.807, 2.05) is 19.0 Å². The lowest BCUT2D eigenvalue weighted by Crippen LogP contribution is -2.46. The highest BCUT2D eigenvalue weighted by molar-refractivity contribution is 6.01. The summed E-state index contributed by atoms with van der Waals surface area (Å²) in [6, 6.07) is 4.04. The molecule has 1 atom stereocenters. The number of halogens is 3. The highest BCUT2D eigenvalue weighted by Gasteiger charge is 2.39. The number of carbonyl (C=O) groups is 2. The third kappa shape index (κ3) is 3.97. The van der Waals surface area contributed by atoms with Crippen LogP contribution in [0.2, 0.25) is 0 Å². The number of ether oxygens (including phenoxy) is 1. The van der Waals surface area contributed by atoms with E-state index in [1.165, 1.54) is 23.1 Å². The number of fused-ring (bicyclic) bond motifs is 1. The van der Waals surface area contributed by atoms with Gasteiger partial charge in [-0.25, -0.2) is 0 Å². The Bertz CT molecular complexity index is 647. The number of alkyl halides is 3. The molecule has 2 amide bonds. The van der Waals surface area contributed by atoms with Crippen molar-refractivity contribution in [3.63, 3.8) is 0 Å². The van der Waals surface area contributed by atoms with Gasteiger partial charge in [0.25, 0.3) is 5.91 Å². The summed E-state index contributed by atoms with van der Waals surface area (Å²) in [4.78, 5) is 26.7. The molecular formula is C15H18F3N3O3. The van der Waals surface area contributed by atoms with E-state index in [1.54, 1.807) is 12.2 Å². The summed E-state index contributed by atoms with van der Waals surface area (Å²) in [6.45, 7) is 2.52. The first-order valence-electron chi connectivity index (χ1n) is 7.24. The summed E-state index contributed by atoms with van der Waals surface area (Å²) in [5, 5.41) is 1.78. The van der Waals surface area contributed by atoms with Crippen molar-refractivity contribution in [2.24, 2.45) is 0 Å². The highest BCUT2D eigenvalue weighted by atomic mass is 19.4. The van der Waals surface area contributed by atoms with E-state index in [2.05, 4.69) is 0 Å². The molecule has 0 radical (unpaired) electrons. The molecule has 1 aromatic rings. The maximum atomic E-state index is 12.4. The number of carbonyl (C=O) groups excluding carboxylic acids is 2. The zero-order valence-electron chi connectivity index (χ0n) is 13.5. The van der Waals surface area contributed by atoms with Crippen LogP contribution >= 0.6 is 0 Å². The van der Waals surface area contributed by atoms with Gasteiger partial charge in [0.15, 0.2) is 6.10 Å². The fraction of sp³-hybridized carbons (Fsp3) is 0.467. The molecule has 132 valence electrons. The van der Waals surface area contributed by atoms with Crippen molar-refractivity contribution in [3.8, 4) is 5.75 Å². The third-order valence-electron chi connectivity index (χ3n) is 3.45. The van der Waals surface area contributed by atoms with Crippen molar-refractivity contribution < 1.29 is 27.5 Å². The number of nitrogens with zero attached hydrogens (tertiary/aromatic N) is 2. The fourth-order valence-electron chi connectivity index (χ4n) is 2.22. The van der Waals surface area contributed by atoms with Crippen molar-refractivity contribution in [1.29, 1.82) is 0 Å². The number of anilines is 2. The van der Waals surface area contributed by atoms with Gasteiger partial charge in [-0.2, -0.15) is 13.2 Å². The molecule has 1 N–H and O–H groups in total. The maximum Gasteiger partial charge on any atom is 0.471 e. The van der Waals surface area contributed by atoms with Gasteiger partial charge in [0.2, 0.25) is 0 Å². The summed E-state index contributed by atoms with van der Waals surface area (Å²) in [7, 11) is 3.68. The molecular weight excluding hydrogens is 327 g/mol. The Hall–Kier alpha value is -2.29. The summed E-state index contributed by atoms with van der Waals surface area (Å²) in [5.41, 5.74) is 0.275. The lowest BCUT2D eigenvalue weighted by molar-refractivity contribution is -0.167. The first-order valence-corrected chi connectivity index (χ1v) is 7.24. The number of rotatable bonds is 4. The molecule has 0 fully saturated rings. The molecule has 0 aromatic heterocycles. The Labute approximate surface area is 137 Å². The molecule has 0 saturated carbocycles. The van der Waals surface area contributed by atoms with Gasteiger partial charge in [-0.3, -0.25) is 9.59 Å². The Morgan fingerprint density at radius 2 is 2.04 bits per heavy atom. The molecule has 6 nitrogen and oxygen atoms in total.